The molecule has 2 N–H and O–H groups in total. The third kappa shape index (κ3) is 7.21. The Kier molecular flexibility index (Phi) is 9.56. The zero-order valence-electron chi connectivity index (χ0n) is 25.0. The molecule has 41 heavy (non-hydrogen) atoms. The molecule has 5 rings (SSSR count). The standard InChI is InChI=1S/C34H48O7/c1-24(16-18-37-21-25-11-7-5-8-12-25)31-27(38-22-26-13-9-6-10-14-26)15-17-32(2)29(39-31)19-28(36)33(3,41-32)20-30-34(4,23-35)40-30/h5-14,24,27-31,35-36H,15-23H2,1-4H3/t24-,27+,28-,29+,30-,31-,32-,33+,34-/m1/s1. The third-order valence-corrected chi connectivity index (χ3v) is 9.54. The molecular weight excluding hydrogens is 520 g/mol. The first-order chi connectivity index (χ1) is 19.6. The van der Waals surface area contributed by atoms with Gasteiger partial charge in [0.2, 0.25) is 0 Å². The van der Waals surface area contributed by atoms with Gasteiger partial charge in [-0.25, -0.2) is 0 Å². The Morgan fingerprint density at radius 1 is 0.951 bits per heavy atom. The number of aliphatic hydroxyl groups excluding tert-OH is 2. The summed E-state index contributed by atoms with van der Waals surface area (Å²) in [4.78, 5) is 0. The number of epoxide rings is 1. The summed E-state index contributed by atoms with van der Waals surface area (Å²) < 4.78 is 32.1. The summed E-state index contributed by atoms with van der Waals surface area (Å²) in [5.74, 6) is 0.185. The number of hydrogen-bond donors (Lipinski definition) is 2. The SMILES string of the molecule is C[C@H](CCOCc1ccccc1)[C@H]1O[C@H]2C[C@@H](O)[C@](C)(C[C@H]3O[C@]3(C)CO)O[C@]2(C)CC[C@@H]1OCc1ccccc1. The van der Waals surface area contributed by atoms with E-state index in [1.54, 1.807) is 0 Å². The minimum Gasteiger partial charge on any atom is -0.393 e. The van der Waals surface area contributed by atoms with Crippen molar-refractivity contribution in [2.45, 2.75) is 120 Å². The highest BCUT2D eigenvalue weighted by Gasteiger charge is 2.60. The van der Waals surface area contributed by atoms with Gasteiger partial charge in [0.1, 0.15) is 5.60 Å². The van der Waals surface area contributed by atoms with Crippen LogP contribution in [0.5, 0.6) is 0 Å². The van der Waals surface area contributed by atoms with Crippen LogP contribution in [0, 0.1) is 5.92 Å². The van der Waals surface area contributed by atoms with Crippen molar-refractivity contribution in [2.75, 3.05) is 13.2 Å². The summed E-state index contributed by atoms with van der Waals surface area (Å²) in [7, 11) is 0. The maximum absolute atomic E-state index is 11.3. The molecule has 3 fully saturated rings. The van der Waals surface area contributed by atoms with Crippen molar-refractivity contribution in [3.63, 3.8) is 0 Å². The van der Waals surface area contributed by atoms with Gasteiger partial charge in [-0.1, -0.05) is 67.6 Å². The lowest BCUT2D eigenvalue weighted by Gasteiger charge is -2.51. The van der Waals surface area contributed by atoms with Crippen molar-refractivity contribution in [1.29, 1.82) is 0 Å². The summed E-state index contributed by atoms with van der Waals surface area (Å²) in [6.45, 7) is 9.90. The fourth-order valence-electron chi connectivity index (χ4n) is 6.54. The topological polar surface area (TPSA) is 89.9 Å². The monoisotopic (exact) mass is 568 g/mol. The zero-order valence-corrected chi connectivity index (χ0v) is 25.0. The fourth-order valence-corrected chi connectivity index (χ4v) is 6.54. The molecule has 0 bridgehead atoms. The van der Waals surface area contributed by atoms with Gasteiger partial charge in [-0.15, -0.1) is 0 Å². The van der Waals surface area contributed by atoms with Crippen molar-refractivity contribution in [3.8, 4) is 0 Å². The van der Waals surface area contributed by atoms with Gasteiger partial charge in [-0.2, -0.15) is 0 Å². The van der Waals surface area contributed by atoms with Crippen LogP contribution in [0.25, 0.3) is 0 Å². The number of fused-ring (bicyclic) bond motifs is 1. The van der Waals surface area contributed by atoms with Gasteiger partial charge < -0.3 is 33.9 Å². The molecule has 0 spiro atoms. The molecule has 3 aliphatic rings. The van der Waals surface area contributed by atoms with Crippen molar-refractivity contribution >= 4 is 0 Å². The van der Waals surface area contributed by atoms with Crippen LogP contribution in [0.15, 0.2) is 60.7 Å². The number of ether oxygens (including phenoxy) is 5. The Hall–Kier alpha value is -1.84. The highest BCUT2D eigenvalue weighted by atomic mass is 16.6. The normalized spacial score (nSPS) is 37.7. The maximum atomic E-state index is 11.3. The molecule has 2 aromatic carbocycles. The van der Waals surface area contributed by atoms with E-state index in [0.29, 0.717) is 32.7 Å². The van der Waals surface area contributed by atoms with E-state index in [1.165, 1.54) is 0 Å². The highest BCUT2D eigenvalue weighted by molar-refractivity contribution is 5.14. The lowest BCUT2D eigenvalue weighted by Crippen LogP contribution is -2.61. The van der Waals surface area contributed by atoms with Gasteiger partial charge >= 0.3 is 0 Å². The second-order valence-corrected chi connectivity index (χ2v) is 13.0. The molecular formula is C34H48O7. The second-order valence-electron chi connectivity index (χ2n) is 13.0. The molecule has 7 heteroatoms. The number of hydrogen-bond acceptors (Lipinski definition) is 7. The Morgan fingerprint density at radius 2 is 1.61 bits per heavy atom. The first-order valence-corrected chi connectivity index (χ1v) is 15.2. The van der Waals surface area contributed by atoms with Crippen LogP contribution in [-0.4, -0.2) is 70.7 Å². The first-order valence-electron chi connectivity index (χ1n) is 15.2. The third-order valence-electron chi connectivity index (χ3n) is 9.54. The Balaban J connectivity index is 1.27. The minimum absolute atomic E-state index is 0.0398. The van der Waals surface area contributed by atoms with Gasteiger partial charge in [0.15, 0.2) is 0 Å². The van der Waals surface area contributed by atoms with Gasteiger partial charge in [0.05, 0.1) is 61.5 Å². The molecule has 3 saturated heterocycles. The summed E-state index contributed by atoms with van der Waals surface area (Å²) in [5, 5.41) is 21.0. The number of benzene rings is 2. The molecule has 0 aromatic heterocycles. The Labute approximate surface area is 245 Å². The van der Waals surface area contributed by atoms with Crippen LogP contribution < -0.4 is 0 Å². The lowest BCUT2D eigenvalue weighted by atomic mass is 9.78. The average molecular weight is 569 g/mol. The maximum Gasteiger partial charge on any atom is 0.115 e. The van der Waals surface area contributed by atoms with E-state index >= 15 is 0 Å². The van der Waals surface area contributed by atoms with Crippen LogP contribution in [0.3, 0.4) is 0 Å². The Bertz CT molecular complexity index is 1100. The van der Waals surface area contributed by atoms with Crippen molar-refractivity contribution in [1.82, 2.24) is 0 Å². The highest BCUT2D eigenvalue weighted by Crippen LogP contribution is 2.49. The van der Waals surface area contributed by atoms with Crippen LogP contribution in [0.1, 0.15) is 70.9 Å². The first kappa shape index (κ1) is 30.6. The van der Waals surface area contributed by atoms with Crippen molar-refractivity contribution < 1.29 is 33.9 Å². The van der Waals surface area contributed by atoms with E-state index in [4.69, 9.17) is 23.7 Å². The minimum atomic E-state index is -0.788. The lowest BCUT2D eigenvalue weighted by molar-refractivity contribution is -0.281. The van der Waals surface area contributed by atoms with E-state index in [0.717, 1.165) is 30.4 Å². The van der Waals surface area contributed by atoms with Gasteiger partial charge in [-0.05, 0) is 57.1 Å². The van der Waals surface area contributed by atoms with Crippen molar-refractivity contribution in [3.05, 3.63) is 71.8 Å². The molecule has 226 valence electrons. The zero-order chi connectivity index (χ0) is 29.1. The molecule has 3 heterocycles. The van der Waals surface area contributed by atoms with E-state index in [1.807, 2.05) is 50.2 Å². The molecule has 0 radical (unpaired) electrons. The predicted molar refractivity (Wildman–Crippen MR) is 156 cm³/mol. The summed E-state index contributed by atoms with van der Waals surface area (Å²) in [6, 6.07) is 20.5. The molecule has 0 unspecified atom stereocenters. The molecule has 9 atom stereocenters. The molecule has 0 amide bonds. The number of rotatable bonds is 12. The molecule has 0 saturated carbocycles. The van der Waals surface area contributed by atoms with Crippen molar-refractivity contribution in [2.24, 2.45) is 5.92 Å². The van der Waals surface area contributed by atoms with Crippen LogP contribution >= 0.6 is 0 Å². The summed E-state index contributed by atoms with van der Waals surface area (Å²) in [6.07, 6.45) is 2.02. The molecule has 7 nitrogen and oxygen atoms in total. The van der Waals surface area contributed by atoms with Crippen LogP contribution in [0.4, 0.5) is 0 Å². The largest absolute Gasteiger partial charge is 0.393 e. The van der Waals surface area contributed by atoms with Gasteiger partial charge in [0, 0.05) is 19.4 Å². The van der Waals surface area contributed by atoms with Gasteiger partial charge in [-0.3, -0.25) is 0 Å². The summed E-state index contributed by atoms with van der Waals surface area (Å²) >= 11 is 0. The van der Waals surface area contributed by atoms with E-state index in [-0.39, 0.29) is 36.9 Å². The van der Waals surface area contributed by atoms with E-state index < -0.39 is 22.9 Å². The predicted octanol–water partition coefficient (Wildman–Crippen LogP) is 5.20. The summed E-state index contributed by atoms with van der Waals surface area (Å²) in [5.41, 5.74) is 0.379. The average Bonchev–Trinajstić information content (AvgIpc) is 3.65. The number of aliphatic hydroxyl groups is 2. The van der Waals surface area contributed by atoms with E-state index in [2.05, 4.69) is 38.1 Å². The smallest absolute Gasteiger partial charge is 0.115 e. The Morgan fingerprint density at radius 3 is 2.24 bits per heavy atom. The van der Waals surface area contributed by atoms with E-state index in [9.17, 15) is 10.2 Å². The molecule has 0 aliphatic carbocycles. The second kappa shape index (κ2) is 12.8. The van der Waals surface area contributed by atoms with Crippen LogP contribution in [-0.2, 0) is 36.9 Å². The van der Waals surface area contributed by atoms with Gasteiger partial charge in [0.25, 0.3) is 0 Å². The fraction of sp³-hybridized carbons (Fsp3) is 0.647. The van der Waals surface area contributed by atoms with Crippen LogP contribution in [0.2, 0.25) is 0 Å². The molecule has 3 aliphatic heterocycles. The quantitative estimate of drug-likeness (QED) is 0.269. The molecule has 2 aromatic rings.